The first-order chi connectivity index (χ1) is 6.61. The van der Waals surface area contributed by atoms with Gasteiger partial charge in [0.15, 0.2) is 5.17 Å². The highest BCUT2D eigenvalue weighted by Gasteiger charge is 2.04. The van der Waals surface area contributed by atoms with E-state index in [1.54, 1.807) is 6.19 Å². The molecule has 0 bridgehead atoms. The average molecular weight is 215 g/mol. The molecule has 0 aromatic heterocycles. The molecule has 0 fully saturated rings. The van der Waals surface area contributed by atoms with E-state index in [1.807, 2.05) is 32.1 Å². The molecule has 0 atom stereocenters. The lowest BCUT2D eigenvalue weighted by Gasteiger charge is -2.19. The number of amidine groups is 1. The molecular weight excluding hydrogens is 198 g/mol. The second kappa shape index (κ2) is 7.65. The maximum absolute atomic E-state index is 8.42. The molecule has 5 heteroatoms. The summed E-state index contributed by atoms with van der Waals surface area (Å²) in [5.74, 6) is 0. The van der Waals surface area contributed by atoms with Crippen LogP contribution >= 0.6 is 11.8 Å². The van der Waals surface area contributed by atoms with Crippen LogP contribution in [0.15, 0.2) is 4.99 Å². The molecule has 0 spiro atoms. The molecular formula is C9H17N3OS. The fourth-order valence-electron chi connectivity index (χ4n) is 0.851. The summed E-state index contributed by atoms with van der Waals surface area (Å²) in [5.41, 5.74) is 0. The van der Waals surface area contributed by atoms with Crippen molar-refractivity contribution in [2.75, 3.05) is 26.5 Å². The van der Waals surface area contributed by atoms with Crippen molar-refractivity contribution in [3.8, 4) is 6.19 Å². The number of nitrogens with zero attached hydrogens (tertiary/aromatic N) is 3. The van der Waals surface area contributed by atoms with Gasteiger partial charge in [-0.25, -0.2) is 0 Å². The number of hydrogen-bond donors (Lipinski definition) is 0. The Hall–Kier alpha value is -0.730. The van der Waals surface area contributed by atoms with E-state index in [0.29, 0.717) is 6.61 Å². The molecule has 0 aliphatic rings. The number of hydrogen-bond acceptors (Lipinski definition) is 4. The Kier molecular flexibility index (Phi) is 7.25. The molecule has 0 saturated carbocycles. The van der Waals surface area contributed by atoms with Gasteiger partial charge in [-0.1, -0.05) is 11.8 Å². The Morgan fingerprint density at radius 3 is 2.71 bits per heavy atom. The zero-order chi connectivity index (χ0) is 11.0. The smallest absolute Gasteiger partial charge is 0.208 e. The van der Waals surface area contributed by atoms with Crippen LogP contribution in [0.3, 0.4) is 0 Å². The largest absolute Gasteiger partial charge is 0.377 e. The quantitative estimate of drug-likeness (QED) is 0.405. The van der Waals surface area contributed by atoms with Gasteiger partial charge in [0.25, 0.3) is 0 Å². The highest BCUT2D eigenvalue weighted by molar-refractivity contribution is 8.13. The molecule has 80 valence electrons. The lowest BCUT2D eigenvalue weighted by atomic mass is 10.5. The van der Waals surface area contributed by atoms with Crippen LogP contribution in [-0.4, -0.2) is 42.6 Å². The van der Waals surface area contributed by atoms with Crippen LogP contribution in [0.25, 0.3) is 0 Å². The summed E-state index contributed by atoms with van der Waals surface area (Å²) < 4.78 is 5.40. The first-order valence-corrected chi connectivity index (χ1v) is 5.67. The Bertz CT molecular complexity index is 223. The van der Waals surface area contributed by atoms with Crippen molar-refractivity contribution in [3.63, 3.8) is 0 Å². The van der Waals surface area contributed by atoms with Crippen molar-refractivity contribution in [3.05, 3.63) is 0 Å². The molecule has 0 aromatic rings. The molecule has 0 aliphatic heterocycles. The fraction of sp³-hybridized carbons (Fsp3) is 0.778. The van der Waals surface area contributed by atoms with E-state index in [4.69, 9.17) is 10.00 Å². The predicted octanol–water partition coefficient (Wildman–Crippen LogP) is 1.54. The summed E-state index contributed by atoms with van der Waals surface area (Å²) in [6, 6.07) is 0. The first kappa shape index (κ1) is 13.3. The molecule has 0 heterocycles. The second-order valence-electron chi connectivity index (χ2n) is 3.04. The van der Waals surface area contributed by atoms with Crippen LogP contribution in [-0.2, 0) is 4.74 Å². The summed E-state index contributed by atoms with van der Waals surface area (Å²) in [7, 11) is 1.90. The molecule has 0 rings (SSSR count). The zero-order valence-corrected chi connectivity index (χ0v) is 9.97. The number of thioether (sulfide) groups is 1. The molecule has 14 heavy (non-hydrogen) atoms. The van der Waals surface area contributed by atoms with E-state index >= 15 is 0 Å². The number of rotatable bonds is 4. The van der Waals surface area contributed by atoms with Gasteiger partial charge in [-0.15, -0.1) is 4.99 Å². The van der Waals surface area contributed by atoms with Gasteiger partial charge in [-0.05, 0) is 20.1 Å². The summed E-state index contributed by atoms with van der Waals surface area (Å²) in [6.45, 7) is 5.40. The maximum Gasteiger partial charge on any atom is 0.208 e. The van der Waals surface area contributed by atoms with Gasteiger partial charge in [0, 0.05) is 13.6 Å². The maximum atomic E-state index is 8.42. The number of aliphatic imine (C=N–C) groups is 1. The summed E-state index contributed by atoms with van der Waals surface area (Å²) in [4.78, 5) is 5.61. The van der Waals surface area contributed by atoms with Crippen LogP contribution in [0.2, 0.25) is 0 Å². The first-order valence-electron chi connectivity index (χ1n) is 4.45. The summed E-state index contributed by atoms with van der Waals surface area (Å²) in [5, 5.41) is 9.14. The topological polar surface area (TPSA) is 48.6 Å². The third-order valence-corrected chi connectivity index (χ3v) is 2.30. The van der Waals surface area contributed by atoms with E-state index in [-0.39, 0.29) is 6.10 Å². The molecule has 4 nitrogen and oxygen atoms in total. The summed E-state index contributed by atoms with van der Waals surface area (Å²) in [6.07, 6.45) is 3.93. The minimum atomic E-state index is 0.244. The van der Waals surface area contributed by atoms with E-state index in [9.17, 15) is 0 Å². The Morgan fingerprint density at radius 1 is 1.64 bits per heavy atom. The molecule has 0 amide bonds. The van der Waals surface area contributed by atoms with Crippen molar-refractivity contribution in [1.82, 2.24) is 4.90 Å². The Balaban J connectivity index is 3.88. The molecule has 0 radical (unpaired) electrons. The van der Waals surface area contributed by atoms with Crippen LogP contribution in [0, 0.1) is 11.5 Å². The third kappa shape index (κ3) is 5.84. The van der Waals surface area contributed by atoms with Gasteiger partial charge in [0.2, 0.25) is 6.19 Å². The van der Waals surface area contributed by atoms with Gasteiger partial charge in [-0.3, -0.25) is 0 Å². The zero-order valence-electron chi connectivity index (χ0n) is 9.15. The van der Waals surface area contributed by atoms with Gasteiger partial charge in [0.05, 0.1) is 12.7 Å². The highest BCUT2D eigenvalue weighted by atomic mass is 32.2. The van der Waals surface area contributed by atoms with Gasteiger partial charge >= 0.3 is 0 Å². The van der Waals surface area contributed by atoms with Crippen molar-refractivity contribution in [1.29, 1.82) is 5.26 Å². The molecule has 0 unspecified atom stereocenters. The number of likely N-dealkylation sites (N-methyl/N-ethyl adjacent to an activating group) is 1. The van der Waals surface area contributed by atoms with Crippen LogP contribution in [0.1, 0.15) is 13.8 Å². The number of nitriles is 1. The normalized spacial score (nSPS) is 11.6. The lowest BCUT2D eigenvalue weighted by Crippen LogP contribution is -2.28. The van der Waals surface area contributed by atoms with Crippen molar-refractivity contribution < 1.29 is 4.74 Å². The lowest BCUT2D eigenvalue weighted by molar-refractivity contribution is 0.0728. The van der Waals surface area contributed by atoms with Gasteiger partial charge < -0.3 is 9.64 Å². The highest BCUT2D eigenvalue weighted by Crippen LogP contribution is 2.02. The van der Waals surface area contributed by atoms with E-state index < -0.39 is 0 Å². The van der Waals surface area contributed by atoms with Crippen LogP contribution < -0.4 is 0 Å². The van der Waals surface area contributed by atoms with Gasteiger partial charge in [0.1, 0.15) is 0 Å². The Morgan fingerprint density at radius 2 is 2.29 bits per heavy atom. The van der Waals surface area contributed by atoms with Crippen molar-refractivity contribution in [2.24, 2.45) is 4.99 Å². The van der Waals surface area contributed by atoms with E-state index in [2.05, 4.69) is 4.99 Å². The van der Waals surface area contributed by atoms with Crippen molar-refractivity contribution in [2.45, 2.75) is 20.0 Å². The molecule has 0 saturated heterocycles. The average Bonchev–Trinajstić information content (AvgIpc) is 2.13. The van der Waals surface area contributed by atoms with Crippen LogP contribution in [0.5, 0.6) is 0 Å². The minimum Gasteiger partial charge on any atom is -0.377 e. The number of ether oxygens (including phenoxy) is 1. The van der Waals surface area contributed by atoms with Crippen LogP contribution in [0.4, 0.5) is 0 Å². The molecule has 0 aromatic carbocycles. The molecule has 0 N–H and O–H groups in total. The van der Waals surface area contributed by atoms with E-state index in [1.165, 1.54) is 11.8 Å². The predicted molar refractivity (Wildman–Crippen MR) is 60.3 cm³/mol. The SMILES string of the molecule is CSC(=NC#N)N(C)CCOC(C)C. The van der Waals surface area contributed by atoms with E-state index in [0.717, 1.165) is 11.7 Å². The fourth-order valence-corrected chi connectivity index (χ4v) is 1.39. The second-order valence-corrected chi connectivity index (χ2v) is 3.81. The monoisotopic (exact) mass is 215 g/mol. The standard InChI is InChI=1S/C9H17N3OS/c1-8(2)13-6-5-12(3)9(14-4)11-7-10/h8H,5-6H2,1-4H3. The Labute approximate surface area is 89.9 Å². The minimum absolute atomic E-state index is 0.244. The van der Waals surface area contributed by atoms with Gasteiger partial charge in [-0.2, -0.15) is 5.26 Å². The third-order valence-electron chi connectivity index (χ3n) is 1.53. The molecule has 0 aliphatic carbocycles. The summed E-state index contributed by atoms with van der Waals surface area (Å²) >= 11 is 1.46. The van der Waals surface area contributed by atoms with Crippen molar-refractivity contribution >= 4 is 16.9 Å².